The maximum Gasteiger partial charge on any atom is 0.306 e. The number of ether oxygens (including phenoxy) is 1. The highest BCUT2D eigenvalue weighted by Gasteiger charge is 2.35. The summed E-state index contributed by atoms with van der Waals surface area (Å²) in [6.45, 7) is 1.60. The summed E-state index contributed by atoms with van der Waals surface area (Å²) < 4.78 is 19.6. The quantitative estimate of drug-likeness (QED) is 0.548. The SMILES string of the molecule is O=C1CCC(C(=O)N2CCC[C@@H](CNc3nc(-c4c[nH]c5ncc(Cl)cc45)ncc3F)C2)O1. The molecular formula is C22H22ClFN6O3. The van der Waals surface area contributed by atoms with Crippen LogP contribution in [0.3, 0.4) is 0 Å². The lowest BCUT2D eigenvalue weighted by Gasteiger charge is -2.34. The maximum atomic E-state index is 14.4. The van der Waals surface area contributed by atoms with Crippen LogP contribution in [0.15, 0.2) is 24.7 Å². The molecule has 0 radical (unpaired) electrons. The predicted octanol–water partition coefficient (Wildman–Crippen LogP) is 3.17. The Kier molecular flexibility index (Phi) is 5.84. The lowest BCUT2D eigenvalue weighted by molar-refractivity contribution is -0.153. The van der Waals surface area contributed by atoms with Crippen LogP contribution < -0.4 is 5.32 Å². The van der Waals surface area contributed by atoms with E-state index in [9.17, 15) is 14.0 Å². The van der Waals surface area contributed by atoms with Gasteiger partial charge in [0, 0.05) is 55.8 Å². The molecule has 9 nitrogen and oxygen atoms in total. The highest BCUT2D eigenvalue weighted by Crippen LogP contribution is 2.28. The first kappa shape index (κ1) is 21.6. The van der Waals surface area contributed by atoms with E-state index in [0.29, 0.717) is 48.1 Å². The molecule has 2 N–H and O–H groups in total. The molecule has 0 saturated carbocycles. The molecule has 1 amide bonds. The van der Waals surface area contributed by atoms with Gasteiger partial charge in [-0.2, -0.15) is 0 Å². The lowest BCUT2D eigenvalue weighted by atomic mass is 9.97. The molecule has 1 unspecified atom stereocenters. The number of rotatable bonds is 5. The number of aromatic amines is 1. The van der Waals surface area contributed by atoms with Crippen molar-refractivity contribution >= 4 is 40.3 Å². The summed E-state index contributed by atoms with van der Waals surface area (Å²) in [5, 5.41) is 4.30. The van der Waals surface area contributed by atoms with E-state index in [1.165, 1.54) is 6.20 Å². The number of anilines is 1. The second kappa shape index (κ2) is 8.93. The number of piperidine rings is 1. The molecule has 2 aliphatic heterocycles. The molecule has 33 heavy (non-hydrogen) atoms. The van der Waals surface area contributed by atoms with E-state index >= 15 is 0 Å². The van der Waals surface area contributed by atoms with Crippen molar-refractivity contribution < 1.29 is 18.7 Å². The number of carbonyl (C=O) groups excluding carboxylic acids is 2. The van der Waals surface area contributed by atoms with E-state index in [-0.39, 0.29) is 30.0 Å². The van der Waals surface area contributed by atoms with Gasteiger partial charge >= 0.3 is 5.97 Å². The van der Waals surface area contributed by atoms with Gasteiger partial charge in [0.15, 0.2) is 23.6 Å². The average molecular weight is 473 g/mol. The molecule has 2 saturated heterocycles. The first-order valence-electron chi connectivity index (χ1n) is 10.9. The van der Waals surface area contributed by atoms with Gasteiger partial charge in [0.05, 0.1) is 11.2 Å². The predicted molar refractivity (Wildman–Crippen MR) is 119 cm³/mol. The first-order valence-corrected chi connectivity index (χ1v) is 11.2. The molecule has 11 heteroatoms. The smallest absolute Gasteiger partial charge is 0.306 e. The Bertz CT molecular complexity index is 1220. The number of amides is 1. The lowest BCUT2D eigenvalue weighted by Crippen LogP contribution is -2.46. The Morgan fingerprint density at radius 1 is 1.33 bits per heavy atom. The number of esters is 1. The number of nitrogens with zero attached hydrogens (tertiary/aromatic N) is 4. The standard InChI is InChI=1S/C22H22ClFN6O3/c23-13-6-14-15(9-27-19(14)26-8-13)20-28-10-16(24)21(29-20)25-7-12-2-1-5-30(11-12)22(32)17-3-4-18(31)33-17/h6,8-10,12,17H,1-5,7,11H2,(H,26,27)(H,25,28,29)/t12-,17?/m0/s1. The van der Waals surface area contributed by atoms with E-state index in [0.717, 1.165) is 24.4 Å². The van der Waals surface area contributed by atoms with Crippen LogP contribution >= 0.6 is 11.6 Å². The third-order valence-corrected chi connectivity index (χ3v) is 6.24. The third-order valence-electron chi connectivity index (χ3n) is 6.03. The molecule has 2 aliphatic rings. The van der Waals surface area contributed by atoms with Gasteiger partial charge in [-0.1, -0.05) is 11.6 Å². The Labute approximate surface area is 193 Å². The zero-order chi connectivity index (χ0) is 22.9. The van der Waals surface area contributed by atoms with Gasteiger partial charge in [0.25, 0.3) is 5.91 Å². The van der Waals surface area contributed by atoms with Crippen molar-refractivity contribution in [2.24, 2.45) is 5.92 Å². The summed E-state index contributed by atoms with van der Waals surface area (Å²) in [6.07, 6.45) is 6.15. The van der Waals surface area contributed by atoms with Crippen molar-refractivity contribution in [3.05, 3.63) is 35.5 Å². The monoisotopic (exact) mass is 472 g/mol. The molecule has 2 fully saturated rings. The van der Waals surface area contributed by atoms with Gasteiger partial charge in [-0.15, -0.1) is 0 Å². The van der Waals surface area contributed by atoms with Crippen molar-refractivity contribution in [2.45, 2.75) is 31.8 Å². The van der Waals surface area contributed by atoms with Crippen molar-refractivity contribution in [3.8, 4) is 11.4 Å². The molecule has 0 aromatic carbocycles. The number of aromatic nitrogens is 4. The van der Waals surface area contributed by atoms with Crippen LogP contribution in [0.25, 0.3) is 22.4 Å². The normalized spacial score (nSPS) is 20.8. The Morgan fingerprint density at radius 2 is 2.21 bits per heavy atom. The molecule has 0 spiro atoms. The number of pyridine rings is 1. The molecule has 2 atom stereocenters. The molecular weight excluding hydrogens is 451 g/mol. The Morgan fingerprint density at radius 3 is 3.03 bits per heavy atom. The zero-order valence-electron chi connectivity index (χ0n) is 17.7. The van der Waals surface area contributed by atoms with Gasteiger partial charge in [0.2, 0.25) is 0 Å². The molecule has 3 aromatic rings. The van der Waals surface area contributed by atoms with Crippen molar-refractivity contribution in [3.63, 3.8) is 0 Å². The van der Waals surface area contributed by atoms with Crippen LogP contribution in [-0.2, 0) is 14.3 Å². The largest absolute Gasteiger partial charge is 0.452 e. The van der Waals surface area contributed by atoms with Crippen LogP contribution in [0, 0.1) is 11.7 Å². The van der Waals surface area contributed by atoms with Crippen LogP contribution in [0.5, 0.6) is 0 Å². The van der Waals surface area contributed by atoms with Crippen LogP contribution in [-0.4, -0.2) is 62.5 Å². The summed E-state index contributed by atoms with van der Waals surface area (Å²) in [7, 11) is 0. The topological polar surface area (TPSA) is 113 Å². The Hall–Kier alpha value is -3.27. The minimum Gasteiger partial charge on any atom is -0.452 e. The number of cyclic esters (lactones) is 1. The van der Waals surface area contributed by atoms with Gasteiger partial charge in [-0.25, -0.2) is 19.3 Å². The second-order valence-corrected chi connectivity index (χ2v) is 8.77. The summed E-state index contributed by atoms with van der Waals surface area (Å²) in [4.78, 5) is 41.5. The Balaban J connectivity index is 1.27. The fraction of sp³-hybridized carbons (Fsp3) is 0.409. The number of carbonyl (C=O) groups is 2. The summed E-state index contributed by atoms with van der Waals surface area (Å²) >= 11 is 6.07. The number of hydrogen-bond acceptors (Lipinski definition) is 7. The number of fused-ring (bicyclic) bond motifs is 1. The van der Waals surface area contributed by atoms with Gasteiger partial charge in [-0.05, 0) is 24.8 Å². The second-order valence-electron chi connectivity index (χ2n) is 8.33. The first-order chi connectivity index (χ1) is 16.0. The third kappa shape index (κ3) is 4.47. The van der Waals surface area contributed by atoms with Crippen molar-refractivity contribution in [1.82, 2.24) is 24.8 Å². The van der Waals surface area contributed by atoms with E-state index < -0.39 is 11.9 Å². The summed E-state index contributed by atoms with van der Waals surface area (Å²) in [6, 6.07) is 1.75. The molecule has 5 heterocycles. The van der Waals surface area contributed by atoms with E-state index in [1.54, 1.807) is 17.2 Å². The van der Waals surface area contributed by atoms with E-state index in [2.05, 4.69) is 25.3 Å². The molecule has 172 valence electrons. The number of nitrogens with one attached hydrogen (secondary N) is 2. The zero-order valence-corrected chi connectivity index (χ0v) is 18.4. The maximum absolute atomic E-state index is 14.4. The van der Waals surface area contributed by atoms with E-state index in [4.69, 9.17) is 16.3 Å². The summed E-state index contributed by atoms with van der Waals surface area (Å²) in [5.41, 5.74) is 1.31. The summed E-state index contributed by atoms with van der Waals surface area (Å²) in [5.74, 6) is -0.472. The van der Waals surface area contributed by atoms with Gasteiger partial charge in [0.1, 0.15) is 5.65 Å². The number of hydrogen-bond donors (Lipinski definition) is 2. The average Bonchev–Trinajstić information content (AvgIpc) is 3.44. The minimum atomic E-state index is -0.676. The fourth-order valence-electron chi connectivity index (χ4n) is 4.36. The molecule has 0 bridgehead atoms. The van der Waals surface area contributed by atoms with Crippen molar-refractivity contribution in [2.75, 3.05) is 25.0 Å². The van der Waals surface area contributed by atoms with Crippen LogP contribution in [0.4, 0.5) is 10.2 Å². The van der Waals surface area contributed by atoms with Crippen LogP contribution in [0.2, 0.25) is 5.02 Å². The number of H-pyrrole nitrogens is 1. The molecule has 5 rings (SSSR count). The number of likely N-dealkylation sites (tertiary alicyclic amines) is 1. The fourth-order valence-corrected chi connectivity index (χ4v) is 4.52. The van der Waals surface area contributed by atoms with Gasteiger partial charge < -0.3 is 19.9 Å². The van der Waals surface area contributed by atoms with Gasteiger partial charge in [-0.3, -0.25) is 9.59 Å². The van der Waals surface area contributed by atoms with E-state index in [1.807, 2.05) is 0 Å². The van der Waals surface area contributed by atoms with Crippen molar-refractivity contribution in [1.29, 1.82) is 0 Å². The highest BCUT2D eigenvalue weighted by molar-refractivity contribution is 6.31. The number of halogens is 2. The van der Waals surface area contributed by atoms with Crippen LogP contribution in [0.1, 0.15) is 25.7 Å². The molecule has 3 aromatic heterocycles. The molecule has 0 aliphatic carbocycles. The highest BCUT2D eigenvalue weighted by atomic mass is 35.5. The minimum absolute atomic E-state index is 0.0949.